The maximum absolute atomic E-state index is 12.4. The van der Waals surface area contributed by atoms with Crippen molar-refractivity contribution in [3.05, 3.63) is 75.4 Å². The van der Waals surface area contributed by atoms with Crippen LogP contribution in [0.15, 0.2) is 69.8 Å². The van der Waals surface area contributed by atoms with E-state index in [0.29, 0.717) is 20.7 Å². The third kappa shape index (κ3) is 4.58. The summed E-state index contributed by atoms with van der Waals surface area (Å²) in [6.07, 6.45) is 1.78. The highest BCUT2D eigenvalue weighted by atomic mass is 35.5. The summed E-state index contributed by atoms with van der Waals surface area (Å²) in [4.78, 5) is 17.4. The quantitative estimate of drug-likeness (QED) is 0.649. The molecule has 28 heavy (non-hydrogen) atoms. The fourth-order valence-corrected chi connectivity index (χ4v) is 3.73. The van der Waals surface area contributed by atoms with Crippen LogP contribution in [0.2, 0.25) is 5.02 Å². The monoisotopic (exact) mass is 415 g/mol. The molecular weight excluding hydrogens is 398 g/mol. The van der Waals surface area contributed by atoms with Gasteiger partial charge in [-0.15, -0.1) is 0 Å². The Morgan fingerprint density at radius 1 is 1.25 bits per heavy atom. The molecule has 0 aliphatic carbocycles. The van der Waals surface area contributed by atoms with Gasteiger partial charge in [-0.2, -0.15) is 0 Å². The summed E-state index contributed by atoms with van der Waals surface area (Å²) < 4.78 is 10.2. The molecule has 144 valence electrons. The molecule has 1 aliphatic rings. The van der Waals surface area contributed by atoms with Crippen molar-refractivity contribution >= 4 is 46.1 Å². The van der Waals surface area contributed by atoms with Crippen molar-refractivity contribution in [3.63, 3.8) is 0 Å². The van der Waals surface area contributed by atoms with E-state index in [9.17, 15) is 9.90 Å². The number of hydrogen-bond donors (Lipinski definition) is 1. The van der Waals surface area contributed by atoms with Gasteiger partial charge in [0, 0.05) is 5.02 Å². The van der Waals surface area contributed by atoms with Crippen LogP contribution in [0.5, 0.6) is 5.75 Å². The van der Waals surface area contributed by atoms with Crippen LogP contribution in [0.25, 0.3) is 6.08 Å². The van der Waals surface area contributed by atoms with Gasteiger partial charge in [0.1, 0.15) is 22.1 Å². The predicted octanol–water partition coefficient (Wildman–Crippen LogP) is 5.54. The maximum atomic E-state index is 12.4. The second-order valence-corrected chi connectivity index (χ2v) is 7.19. The molecule has 0 fully saturated rings. The summed E-state index contributed by atoms with van der Waals surface area (Å²) in [6.45, 7) is 1.90. The number of aliphatic hydroxyl groups is 1. The first-order valence-electron chi connectivity index (χ1n) is 8.50. The number of ether oxygens (including phenoxy) is 2. The molecule has 5 nitrogen and oxygen atoms in total. The molecule has 0 spiro atoms. The van der Waals surface area contributed by atoms with Gasteiger partial charge in [0.15, 0.2) is 0 Å². The van der Waals surface area contributed by atoms with E-state index < -0.39 is 5.97 Å². The van der Waals surface area contributed by atoms with Gasteiger partial charge >= 0.3 is 5.97 Å². The fraction of sp³-hybridized carbons (Fsp3) is 0.143. The van der Waals surface area contributed by atoms with Crippen LogP contribution in [0.3, 0.4) is 0 Å². The van der Waals surface area contributed by atoms with Crippen LogP contribution in [0, 0.1) is 0 Å². The van der Waals surface area contributed by atoms with Crippen molar-refractivity contribution in [2.45, 2.75) is 6.92 Å². The highest BCUT2D eigenvalue weighted by Crippen LogP contribution is 2.40. The first kappa shape index (κ1) is 20.0. The van der Waals surface area contributed by atoms with Crippen molar-refractivity contribution in [2.24, 2.45) is 4.99 Å². The van der Waals surface area contributed by atoms with Crippen molar-refractivity contribution in [3.8, 4) is 5.75 Å². The lowest BCUT2D eigenvalue weighted by Crippen LogP contribution is -2.12. The number of carbonyl (C=O) groups excluding carboxylic acids is 1. The van der Waals surface area contributed by atoms with Crippen LogP contribution in [0.4, 0.5) is 5.69 Å². The normalized spacial score (nSPS) is 16.7. The summed E-state index contributed by atoms with van der Waals surface area (Å²) in [5.41, 5.74) is 1.48. The number of rotatable bonds is 5. The molecule has 3 rings (SSSR count). The van der Waals surface area contributed by atoms with E-state index in [1.165, 1.54) is 11.8 Å². The van der Waals surface area contributed by atoms with Crippen molar-refractivity contribution < 1.29 is 19.4 Å². The number of aliphatic imine (C=N–C) groups is 1. The number of nitrogens with zero attached hydrogens (tertiary/aromatic N) is 1. The minimum absolute atomic E-state index is 0.0478. The standard InChI is InChI=1S/C21H18ClNO4S/c1-3-27-21(25)18-19(24)17(11-13-7-9-16(26-2)10-8-13)28-20(18)23-15-6-4-5-14(22)12-15/h4-12,24H,3H2,1-2H3/b17-11+,23-20?. The Bertz CT molecular complexity index is 980. The molecule has 7 heteroatoms. The van der Waals surface area contributed by atoms with Crippen LogP contribution in [0.1, 0.15) is 12.5 Å². The zero-order valence-corrected chi connectivity index (χ0v) is 16.9. The summed E-state index contributed by atoms with van der Waals surface area (Å²) >= 11 is 7.22. The van der Waals surface area contributed by atoms with E-state index in [2.05, 4.69) is 4.99 Å². The third-order valence-corrected chi connectivity index (χ3v) is 5.08. The molecule has 1 aliphatic heterocycles. The van der Waals surface area contributed by atoms with Crippen LogP contribution in [-0.4, -0.2) is 29.8 Å². The van der Waals surface area contributed by atoms with Gasteiger partial charge in [0.25, 0.3) is 0 Å². The Morgan fingerprint density at radius 2 is 2.00 bits per heavy atom. The van der Waals surface area contributed by atoms with E-state index in [4.69, 9.17) is 21.1 Å². The topological polar surface area (TPSA) is 68.1 Å². The number of thioether (sulfide) groups is 1. The highest BCUT2D eigenvalue weighted by Gasteiger charge is 2.33. The summed E-state index contributed by atoms with van der Waals surface area (Å²) in [5, 5.41) is 11.6. The molecule has 0 aromatic heterocycles. The summed E-state index contributed by atoms with van der Waals surface area (Å²) in [6, 6.07) is 14.3. The van der Waals surface area contributed by atoms with Gasteiger partial charge in [0.2, 0.25) is 0 Å². The Kier molecular flexibility index (Phi) is 6.44. The number of esters is 1. The molecule has 0 atom stereocenters. The van der Waals surface area contributed by atoms with Gasteiger partial charge in [-0.1, -0.05) is 41.6 Å². The molecule has 0 saturated heterocycles. The van der Waals surface area contributed by atoms with Gasteiger partial charge in [0.05, 0.1) is 24.3 Å². The van der Waals surface area contributed by atoms with Gasteiger partial charge in [-0.05, 0) is 48.9 Å². The molecule has 0 amide bonds. The lowest BCUT2D eigenvalue weighted by Gasteiger charge is -2.04. The lowest BCUT2D eigenvalue weighted by atomic mass is 10.1. The largest absolute Gasteiger partial charge is 0.506 e. The zero-order chi connectivity index (χ0) is 20.1. The van der Waals surface area contributed by atoms with E-state index in [1.54, 1.807) is 44.4 Å². The SMILES string of the molecule is CCOC(=O)C1=C(O)/C(=C\c2ccc(OC)cc2)SC1=Nc1cccc(Cl)c1. The van der Waals surface area contributed by atoms with Crippen molar-refractivity contribution in [1.82, 2.24) is 0 Å². The van der Waals surface area contributed by atoms with Crippen molar-refractivity contribution in [1.29, 1.82) is 0 Å². The number of benzene rings is 2. The van der Waals surface area contributed by atoms with Crippen LogP contribution < -0.4 is 4.74 Å². The number of hydrogen-bond acceptors (Lipinski definition) is 6. The molecule has 2 aromatic carbocycles. The lowest BCUT2D eigenvalue weighted by molar-refractivity contribution is -0.138. The Labute approximate surface area is 172 Å². The van der Waals surface area contributed by atoms with Gasteiger partial charge in [-0.25, -0.2) is 9.79 Å². The van der Waals surface area contributed by atoms with Crippen LogP contribution >= 0.6 is 23.4 Å². The first-order valence-corrected chi connectivity index (χ1v) is 9.70. The Balaban J connectivity index is 2.01. The van der Waals surface area contributed by atoms with E-state index in [1.807, 2.05) is 24.3 Å². The minimum Gasteiger partial charge on any atom is -0.506 e. The second kappa shape index (κ2) is 8.99. The molecule has 0 bridgehead atoms. The van der Waals surface area contributed by atoms with E-state index in [0.717, 1.165) is 11.3 Å². The number of carbonyl (C=O) groups is 1. The van der Waals surface area contributed by atoms with E-state index in [-0.39, 0.29) is 17.9 Å². The van der Waals surface area contributed by atoms with Crippen molar-refractivity contribution in [2.75, 3.05) is 13.7 Å². The molecule has 1 heterocycles. The average Bonchev–Trinajstić information content (AvgIpc) is 2.97. The molecule has 1 N–H and O–H groups in total. The zero-order valence-electron chi connectivity index (χ0n) is 15.3. The molecular formula is C21H18ClNO4S. The Hall–Kier alpha value is -2.70. The first-order chi connectivity index (χ1) is 13.5. The van der Waals surface area contributed by atoms with Gasteiger partial charge < -0.3 is 14.6 Å². The minimum atomic E-state index is -0.619. The third-order valence-electron chi connectivity index (χ3n) is 3.82. The maximum Gasteiger partial charge on any atom is 0.344 e. The molecule has 2 aromatic rings. The number of aliphatic hydroxyl groups excluding tert-OH is 1. The molecule has 0 radical (unpaired) electrons. The average molecular weight is 416 g/mol. The highest BCUT2D eigenvalue weighted by molar-refractivity contribution is 8.18. The van der Waals surface area contributed by atoms with Gasteiger partial charge in [-0.3, -0.25) is 0 Å². The number of halogens is 1. The fourth-order valence-electron chi connectivity index (χ4n) is 2.51. The van der Waals surface area contributed by atoms with Crippen LogP contribution in [-0.2, 0) is 9.53 Å². The molecule has 0 unspecified atom stereocenters. The smallest absolute Gasteiger partial charge is 0.344 e. The van der Waals surface area contributed by atoms with E-state index >= 15 is 0 Å². The second-order valence-electron chi connectivity index (χ2n) is 5.72. The summed E-state index contributed by atoms with van der Waals surface area (Å²) in [7, 11) is 1.60. The molecule has 0 saturated carbocycles. The predicted molar refractivity (Wildman–Crippen MR) is 113 cm³/mol. The summed E-state index contributed by atoms with van der Waals surface area (Å²) in [5.74, 6) is -0.0390. The Morgan fingerprint density at radius 3 is 2.64 bits per heavy atom. The number of methoxy groups -OCH3 is 1.